The van der Waals surface area contributed by atoms with Crippen LogP contribution in [0.5, 0.6) is 0 Å². The Morgan fingerprint density at radius 3 is 2.83 bits per heavy atom. The first-order chi connectivity index (χ1) is 17.0. The van der Waals surface area contributed by atoms with Crippen molar-refractivity contribution < 1.29 is 9.18 Å². The molecule has 9 heteroatoms. The summed E-state index contributed by atoms with van der Waals surface area (Å²) in [7, 11) is 0. The van der Waals surface area contributed by atoms with Crippen LogP contribution in [0, 0.1) is 5.82 Å². The van der Waals surface area contributed by atoms with E-state index in [2.05, 4.69) is 32.6 Å². The number of amides is 1. The van der Waals surface area contributed by atoms with Crippen LogP contribution in [0.4, 0.5) is 16.0 Å². The summed E-state index contributed by atoms with van der Waals surface area (Å²) in [6, 6.07) is 10.7. The highest BCUT2D eigenvalue weighted by Gasteiger charge is 2.26. The molecule has 8 nitrogen and oxygen atoms in total. The molecule has 1 aliphatic heterocycles. The van der Waals surface area contributed by atoms with Gasteiger partial charge in [-0.1, -0.05) is 6.92 Å². The maximum Gasteiger partial charge on any atom is 0.251 e. The van der Waals surface area contributed by atoms with Gasteiger partial charge in [0.25, 0.3) is 5.91 Å². The van der Waals surface area contributed by atoms with Crippen molar-refractivity contribution in [3.63, 3.8) is 0 Å². The Kier molecular flexibility index (Phi) is 5.12. The zero-order valence-corrected chi connectivity index (χ0v) is 19.6. The summed E-state index contributed by atoms with van der Waals surface area (Å²) >= 11 is 0. The molecule has 1 atom stereocenters. The van der Waals surface area contributed by atoms with Crippen molar-refractivity contribution >= 4 is 17.5 Å². The second-order valence-corrected chi connectivity index (χ2v) is 9.26. The van der Waals surface area contributed by atoms with Crippen LogP contribution in [-0.4, -0.2) is 36.8 Å². The molecular formula is C26H26FN7O. The lowest BCUT2D eigenvalue weighted by Crippen LogP contribution is -2.33. The fourth-order valence-electron chi connectivity index (χ4n) is 4.53. The van der Waals surface area contributed by atoms with Gasteiger partial charge in [-0.05, 0) is 67.6 Å². The van der Waals surface area contributed by atoms with E-state index in [0.29, 0.717) is 47.6 Å². The molecule has 2 aromatic carbocycles. The van der Waals surface area contributed by atoms with Crippen molar-refractivity contribution in [1.29, 1.82) is 0 Å². The van der Waals surface area contributed by atoms with Crippen molar-refractivity contribution in [2.45, 2.75) is 45.1 Å². The summed E-state index contributed by atoms with van der Waals surface area (Å²) in [5.74, 6) is 1.34. The summed E-state index contributed by atoms with van der Waals surface area (Å²) in [6.07, 6.45) is 5.88. The Morgan fingerprint density at radius 1 is 1.20 bits per heavy atom. The second kappa shape index (κ2) is 8.33. The van der Waals surface area contributed by atoms with Crippen LogP contribution in [0.1, 0.15) is 60.1 Å². The maximum absolute atomic E-state index is 15.1. The highest BCUT2D eigenvalue weighted by Crippen LogP contribution is 2.39. The molecule has 2 aromatic heterocycles. The molecule has 1 fully saturated rings. The number of benzene rings is 2. The fraction of sp³-hybridized carbons (Fsp3) is 0.308. The van der Waals surface area contributed by atoms with Gasteiger partial charge in [-0.25, -0.2) is 14.1 Å². The molecule has 0 bridgehead atoms. The average Bonchev–Trinajstić information content (AvgIpc) is 3.45. The van der Waals surface area contributed by atoms with Crippen LogP contribution in [-0.2, 0) is 6.54 Å². The maximum atomic E-state index is 15.1. The van der Waals surface area contributed by atoms with E-state index in [1.165, 1.54) is 6.07 Å². The van der Waals surface area contributed by atoms with E-state index < -0.39 is 0 Å². The molecular weight excluding hydrogens is 445 g/mol. The lowest BCUT2D eigenvalue weighted by molar-refractivity contribution is 0.0941. The molecule has 1 aliphatic carbocycles. The molecule has 2 N–H and O–H groups in total. The summed E-state index contributed by atoms with van der Waals surface area (Å²) in [6.45, 7) is 5.28. The minimum atomic E-state index is -0.355. The molecule has 0 spiro atoms. The number of imidazole rings is 1. The number of rotatable bonds is 6. The van der Waals surface area contributed by atoms with Crippen LogP contribution in [0.3, 0.4) is 0 Å². The summed E-state index contributed by atoms with van der Waals surface area (Å²) in [4.78, 5) is 21.2. The number of aryl methyl sites for hydroxylation is 1. The van der Waals surface area contributed by atoms with E-state index in [-0.39, 0.29) is 17.6 Å². The number of hydrogen-bond acceptors (Lipinski definition) is 5. The number of anilines is 2. The van der Waals surface area contributed by atoms with Crippen LogP contribution >= 0.6 is 0 Å². The lowest BCUT2D eigenvalue weighted by Gasteiger charge is -2.23. The van der Waals surface area contributed by atoms with Gasteiger partial charge in [0.2, 0.25) is 5.95 Å². The smallest absolute Gasteiger partial charge is 0.251 e. The predicted molar refractivity (Wildman–Crippen MR) is 131 cm³/mol. The second-order valence-electron chi connectivity index (χ2n) is 9.26. The Balaban J connectivity index is 1.27. The lowest BCUT2D eigenvalue weighted by atomic mass is 9.91. The molecule has 1 amide bonds. The van der Waals surface area contributed by atoms with Gasteiger partial charge in [-0.15, -0.1) is 5.10 Å². The number of halogens is 1. The zero-order valence-electron chi connectivity index (χ0n) is 19.6. The average molecular weight is 472 g/mol. The Hall–Kier alpha value is -4.01. The summed E-state index contributed by atoms with van der Waals surface area (Å²) < 4.78 is 18.5. The predicted octanol–water partition coefficient (Wildman–Crippen LogP) is 4.76. The SMILES string of the molecule is CCn1nc(-c2ccc(-n3cnc(C4CC4)c3)c(F)c2)nc1Nc1ccc2c(c1)C(C)CNC2=O. The van der Waals surface area contributed by atoms with E-state index >= 15 is 4.39 Å². The number of aromatic nitrogens is 5. The highest BCUT2D eigenvalue weighted by atomic mass is 19.1. The molecule has 1 unspecified atom stereocenters. The van der Waals surface area contributed by atoms with Crippen molar-refractivity contribution in [3.05, 3.63) is 71.6 Å². The molecule has 4 aromatic rings. The third-order valence-electron chi connectivity index (χ3n) is 6.71. The normalized spacial score (nSPS) is 17.2. The third-order valence-corrected chi connectivity index (χ3v) is 6.71. The van der Waals surface area contributed by atoms with Crippen molar-refractivity contribution in [3.8, 4) is 17.1 Å². The Labute approximate surface area is 202 Å². The van der Waals surface area contributed by atoms with E-state index in [0.717, 1.165) is 29.8 Å². The van der Waals surface area contributed by atoms with Crippen molar-refractivity contribution in [2.75, 3.05) is 11.9 Å². The Morgan fingerprint density at radius 2 is 2.06 bits per heavy atom. The monoisotopic (exact) mass is 471 g/mol. The molecule has 3 heterocycles. The number of fused-ring (bicyclic) bond motifs is 1. The molecule has 178 valence electrons. The largest absolute Gasteiger partial charge is 0.351 e. The van der Waals surface area contributed by atoms with Crippen molar-refractivity contribution in [1.82, 2.24) is 29.6 Å². The van der Waals surface area contributed by atoms with Gasteiger partial charge in [-0.3, -0.25) is 4.79 Å². The summed E-state index contributed by atoms with van der Waals surface area (Å²) in [5, 5.41) is 10.8. The van der Waals surface area contributed by atoms with Gasteiger partial charge in [-0.2, -0.15) is 4.98 Å². The van der Waals surface area contributed by atoms with Crippen molar-refractivity contribution in [2.24, 2.45) is 0 Å². The van der Waals surface area contributed by atoms with Crippen LogP contribution in [0.25, 0.3) is 17.1 Å². The van der Waals surface area contributed by atoms with E-state index in [4.69, 9.17) is 0 Å². The molecule has 2 aliphatic rings. The quantitative estimate of drug-likeness (QED) is 0.423. The number of nitrogens with one attached hydrogen (secondary N) is 2. The van der Waals surface area contributed by atoms with E-state index in [1.54, 1.807) is 21.6 Å². The molecule has 35 heavy (non-hydrogen) atoms. The van der Waals surface area contributed by atoms with Gasteiger partial charge in [0, 0.05) is 42.0 Å². The van der Waals surface area contributed by atoms with Gasteiger partial charge in [0.05, 0.1) is 17.7 Å². The van der Waals surface area contributed by atoms with Crippen LogP contribution in [0.2, 0.25) is 0 Å². The first-order valence-electron chi connectivity index (χ1n) is 12.0. The standard InChI is InChI=1S/C26H26FN7O/c1-3-34-26(30-18-7-8-19-20(11-18)15(2)12-28-25(19)35)31-24(32-34)17-6-9-23(21(27)10-17)33-13-22(29-14-33)16-4-5-16/h6-11,13-16H,3-5,12H2,1-2H3,(H,28,35)(H,30,31,32). The van der Waals surface area contributed by atoms with E-state index in [9.17, 15) is 4.79 Å². The first kappa shape index (κ1) is 21.5. The van der Waals surface area contributed by atoms with Gasteiger partial charge >= 0.3 is 0 Å². The minimum absolute atomic E-state index is 0.0476. The highest BCUT2D eigenvalue weighted by molar-refractivity contribution is 5.97. The molecule has 6 rings (SSSR count). The number of hydrogen-bond donors (Lipinski definition) is 2. The number of carbonyl (C=O) groups is 1. The van der Waals surface area contributed by atoms with Gasteiger partial charge in [0.15, 0.2) is 5.82 Å². The number of carbonyl (C=O) groups excluding carboxylic acids is 1. The third kappa shape index (κ3) is 3.96. The fourth-order valence-corrected chi connectivity index (χ4v) is 4.53. The number of nitrogens with zero attached hydrogens (tertiary/aromatic N) is 5. The molecule has 1 saturated carbocycles. The topological polar surface area (TPSA) is 89.7 Å². The van der Waals surface area contributed by atoms with E-state index in [1.807, 2.05) is 37.4 Å². The molecule has 0 saturated heterocycles. The minimum Gasteiger partial charge on any atom is -0.351 e. The summed E-state index contributed by atoms with van der Waals surface area (Å²) in [5.41, 5.74) is 4.60. The van der Waals surface area contributed by atoms with Crippen LogP contribution in [0.15, 0.2) is 48.9 Å². The van der Waals surface area contributed by atoms with Gasteiger partial charge in [0.1, 0.15) is 5.82 Å². The Bertz CT molecular complexity index is 1440. The van der Waals surface area contributed by atoms with Gasteiger partial charge < -0.3 is 15.2 Å². The first-order valence-corrected chi connectivity index (χ1v) is 12.0. The van der Waals surface area contributed by atoms with Crippen LogP contribution < -0.4 is 10.6 Å². The zero-order chi connectivity index (χ0) is 24.1. The molecule has 0 radical (unpaired) electrons.